The third-order valence-electron chi connectivity index (χ3n) is 4.86. The largest absolute Gasteiger partial charge is 0.444 e. The van der Waals surface area contributed by atoms with Crippen LogP contribution >= 0.6 is 0 Å². The highest BCUT2D eigenvalue weighted by Crippen LogP contribution is 2.25. The van der Waals surface area contributed by atoms with Crippen LogP contribution in [0.5, 0.6) is 0 Å². The van der Waals surface area contributed by atoms with Gasteiger partial charge in [-0.25, -0.2) is 4.79 Å². The summed E-state index contributed by atoms with van der Waals surface area (Å²) < 4.78 is 11.3. The molecule has 2 rings (SSSR count). The minimum absolute atomic E-state index is 0.269. The molecule has 1 heterocycles. The molecule has 1 aromatic rings. The van der Waals surface area contributed by atoms with E-state index in [4.69, 9.17) is 9.39 Å². The molecule has 0 unspecified atom stereocenters. The van der Waals surface area contributed by atoms with Gasteiger partial charge in [-0.15, -0.1) is 0 Å². The Bertz CT molecular complexity index is 659. The van der Waals surface area contributed by atoms with E-state index in [1.165, 1.54) is 5.56 Å². The third kappa shape index (κ3) is 5.24. The minimum atomic E-state index is -0.953. The Labute approximate surface area is 157 Å². The Morgan fingerprint density at radius 1 is 1.12 bits per heavy atom. The van der Waals surface area contributed by atoms with Crippen LogP contribution in [0.15, 0.2) is 18.2 Å². The lowest BCUT2D eigenvalue weighted by Crippen LogP contribution is -2.49. The molecule has 26 heavy (non-hydrogen) atoms. The van der Waals surface area contributed by atoms with Crippen LogP contribution in [-0.4, -0.2) is 46.9 Å². The Morgan fingerprint density at radius 3 is 2.35 bits per heavy atom. The molecule has 0 atom stereocenters. The van der Waals surface area contributed by atoms with Crippen molar-refractivity contribution in [1.82, 2.24) is 4.90 Å². The highest BCUT2D eigenvalue weighted by atomic mass is 16.6. The summed E-state index contributed by atoms with van der Waals surface area (Å²) in [5.41, 5.74) is 1.15. The molecule has 1 aromatic carbocycles. The van der Waals surface area contributed by atoms with Crippen LogP contribution in [0.1, 0.15) is 59.6 Å². The Balaban J connectivity index is 2.02. The van der Waals surface area contributed by atoms with Gasteiger partial charge >= 0.3 is 13.6 Å². The highest BCUT2D eigenvalue weighted by molar-refractivity contribution is 6.47. The SMILES string of the molecule is CC(C)(C)OC(=O)N1CCc2cc([B]OC(C)(C)C(C)(C)O)ccc2C1. The van der Waals surface area contributed by atoms with Gasteiger partial charge in [-0.1, -0.05) is 23.7 Å². The van der Waals surface area contributed by atoms with Gasteiger partial charge in [0, 0.05) is 13.1 Å². The highest BCUT2D eigenvalue weighted by Gasteiger charge is 2.35. The van der Waals surface area contributed by atoms with Crippen molar-refractivity contribution in [3.8, 4) is 0 Å². The molecule has 0 bridgehead atoms. The zero-order valence-corrected chi connectivity index (χ0v) is 17.0. The summed E-state index contributed by atoms with van der Waals surface area (Å²) in [7, 11) is 1.69. The van der Waals surface area contributed by atoms with Gasteiger partial charge in [0.1, 0.15) is 5.60 Å². The Hall–Kier alpha value is -1.53. The van der Waals surface area contributed by atoms with Crippen molar-refractivity contribution < 1.29 is 19.3 Å². The first kappa shape index (κ1) is 20.8. The van der Waals surface area contributed by atoms with Gasteiger partial charge < -0.3 is 19.4 Å². The van der Waals surface area contributed by atoms with E-state index in [1.54, 1.807) is 26.2 Å². The predicted molar refractivity (Wildman–Crippen MR) is 104 cm³/mol. The van der Waals surface area contributed by atoms with Crippen molar-refractivity contribution in [3.05, 3.63) is 29.3 Å². The van der Waals surface area contributed by atoms with Crippen LogP contribution in [0.25, 0.3) is 0 Å². The fourth-order valence-electron chi connectivity index (χ4n) is 2.49. The summed E-state index contributed by atoms with van der Waals surface area (Å²) >= 11 is 0. The van der Waals surface area contributed by atoms with Crippen LogP contribution in [-0.2, 0) is 22.4 Å². The molecule has 1 radical (unpaired) electrons. The topological polar surface area (TPSA) is 59.0 Å². The maximum absolute atomic E-state index is 12.3. The van der Waals surface area contributed by atoms with Crippen molar-refractivity contribution in [2.45, 2.75) is 78.2 Å². The number of carbonyl (C=O) groups is 1. The Kier molecular flexibility index (Phi) is 5.79. The van der Waals surface area contributed by atoms with E-state index in [0.29, 0.717) is 13.1 Å². The van der Waals surface area contributed by atoms with Gasteiger partial charge in [-0.05, 0) is 66.0 Å². The van der Waals surface area contributed by atoms with E-state index in [1.807, 2.05) is 46.8 Å². The van der Waals surface area contributed by atoms with Crippen molar-refractivity contribution in [3.63, 3.8) is 0 Å². The van der Waals surface area contributed by atoms with Gasteiger partial charge in [-0.2, -0.15) is 0 Å². The molecule has 5 nitrogen and oxygen atoms in total. The molecule has 0 aliphatic carbocycles. The van der Waals surface area contributed by atoms with Gasteiger partial charge in [0.05, 0.1) is 11.2 Å². The summed E-state index contributed by atoms with van der Waals surface area (Å²) in [5, 5.41) is 10.2. The van der Waals surface area contributed by atoms with E-state index < -0.39 is 16.8 Å². The number of carbonyl (C=O) groups excluding carboxylic acids is 1. The lowest BCUT2D eigenvalue weighted by atomic mass is 9.81. The van der Waals surface area contributed by atoms with E-state index in [2.05, 4.69) is 6.07 Å². The van der Waals surface area contributed by atoms with E-state index in [9.17, 15) is 9.90 Å². The number of amides is 1. The first-order chi connectivity index (χ1) is 11.8. The van der Waals surface area contributed by atoms with E-state index in [0.717, 1.165) is 17.4 Å². The summed E-state index contributed by atoms with van der Waals surface area (Å²) in [4.78, 5) is 14.0. The monoisotopic (exact) mass is 360 g/mol. The second kappa shape index (κ2) is 7.24. The fraction of sp³-hybridized carbons (Fsp3) is 0.650. The van der Waals surface area contributed by atoms with Crippen molar-refractivity contribution in [2.24, 2.45) is 0 Å². The molecule has 1 N–H and O–H groups in total. The predicted octanol–water partition coefficient (Wildman–Crippen LogP) is 2.79. The van der Waals surface area contributed by atoms with Gasteiger partial charge in [0.15, 0.2) is 0 Å². The maximum atomic E-state index is 12.3. The van der Waals surface area contributed by atoms with Gasteiger partial charge in [-0.3, -0.25) is 0 Å². The fourth-order valence-corrected chi connectivity index (χ4v) is 2.49. The standard InChI is InChI=1S/C20H31BNO4/c1-18(2,3)25-17(23)22-11-10-14-12-16(9-8-15(14)13-22)21-26-20(6,7)19(4,5)24/h8-9,12,24H,10-11,13H2,1-7H3. The molecular weight excluding hydrogens is 329 g/mol. The lowest BCUT2D eigenvalue weighted by molar-refractivity contribution is -0.0893. The number of nitrogens with zero attached hydrogens (tertiary/aromatic N) is 1. The number of ether oxygens (including phenoxy) is 1. The molecule has 0 aromatic heterocycles. The summed E-state index contributed by atoms with van der Waals surface area (Å²) in [6, 6.07) is 6.08. The molecule has 0 fully saturated rings. The average molecular weight is 360 g/mol. The quantitative estimate of drug-likeness (QED) is 0.839. The summed E-state index contributed by atoms with van der Waals surface area (Å²) in [6.07, 6.45) is 0.513. The first-order valence-corrected chi connectivity index (χ1v) is 9.12. The number of rotatable bonds is 4. The van der Waals surface area contributed by atoms with Crippen LogP contribution in [0.3, 0.4) is 0 Å². The lowest BCUT2D eigenvalue weighted by Gasteiger charge is -2.37. The Morgan fingerprint density at radius 2 is 1.77 bits per heavy atom. The molecule has 0 saturated carbocycles. The molecule has 1 aliphatic heterocycles. The second-order valence-electron chi connectivity index (χ2n) is 8.99. The molecule has 1 aliphatic rings. The number of fused-ring (bicyclic) bond motifs is 1. The number of benzene rings is 1. The van der Waals surface area contributed by atoms with Crippen molar-refractivity contribution in [2.75, 3.05) is 6.54 Å². The number of aliphatic hydroxyl groups is 1. The van der Waals surface area contributed by atoms with Crippen LogP contribution < -0.4 is 5.46 Å². The van der Waals surface area contributed by atoms with Gasteiger partial charge in [0.2, 0.25) is 0 Å². The number of hydrogen-bond donors (Lipinski definition) is 1. The normalized spacial score (nSPS) is 15.5. The first-order valence-electron chi connectivity index (χ1n) is 9.12. The van der Waals surface area contributed by atoms with Crippen molar-refractivity contribution in [1.29, 1.82) is 0 Å². The van der Waals surface area contributed by atoms with E-state index >= 15 is 0 Å². The van der Waals surface area contributed by atoms with Crippen molar-refractivity contribution >= 4 is 19.0 Å². The smallest absolute Gasteiger partial charge is 0.410 e. The van der Waals surface area contributed by atoms with Crippen LogP contribution in [0.4, 0.5) is 4.79 Å². The second-order valence-corrected chi connectivity index (χ2v) is 8.99. The molecule has 6 heteroatoms. The van der Waals surface area contributed by atoms with E-state index in [-0.39, 0.29) is 6.09 Å². The summed E-state index contributed by atoms with van der Waals surface area (Å²) in [6.45, 7) is 14.0. The average Bonchev–Trinajstić information content (AvgIpc) is 2.49. The maximum Gasteiger partial charge on any atom is 0.410 e. The molecule has 0 spiro atoms. The zero-order valence-electron chi connectivity index (χ0n) is 17.0. The molecule has 1 amide bonds. The summed E-state index contributed by atoms with van der Waals surface area (Å²) in [5.74, 6) is 0. The molecule has 143 valence electrons. The molecular formula is C20H31BNO4. The minimum Gasteiger partial charge on any atom is -0.444 e. The zero-order chi connectivity index (χ0) is 19.8. The van der Waals surface area contributed by atoms with Crippen LogP contribution in [0, 0.1) is 0 Å². The number of hydrogen-bond acceptors (Lipinski definition) is 4. The third-order valence-corrected chi connectivity index (χ3v) is 4.86. The van der Waals surface area contributed by atoms with Crippen LogP contribution in [0.2, 0.25) is 0 Å². The molecule has 0 saturated heterocycles. The van der Waals surface area contributed by atoms with Gasteiger partial charge in [0.25, 0.3) is 0 Å².